The van der Waals surface area contributed by atoms with Crippen molar-refractivity contribution in [3.63, 3.8) is 0 Å². The van der Waals surface area contributed by atoms with Gasteiger partial charge in [-0.2, -0.15) is 13.2 Å². The maximum Gasteiger partial charge on any atom is 0.434 e. The lowest BCUT2D eigenvalue weighted by Gasteiger charge is -2.30. The number of hydrogen-bond acceptors (Lipinski definition) is 5. The first-order valence-corrected chi connectivity index (χ1v) is 10.7. The van der Waals surface area contributed by atoms with Crippen LogP contribution in [-0.2, 0) is 6.18 Å². The van der Waals surface area contributed by atoms with E-state index in [0.717, 1.165) is 31.9 Å². The van der Waals surface area contributed by atoms with Gasteiger partial charge in [0.2, 0.25) is 0 Å². The van der Waals surface area contributed by atoms with E-state index in [2.05, 4.69) is 25.6 Å². The molecule has 0 aliphatic heterocycles. The molecule has 0 atom stereocenters. The highest BCUT2D eigenvalue weighted by molar-refractivity contribution is 6.67. The third-order valence-electron chi connectivity index (χ3n) is 5.42. The predicted molar refractivity (Wildman–Crippen MR) is 119 cm³/mol. The largest absolute Gasteiger partial charge is 0.434 e. The van der Waals surface area contributed by atoms with Gasteiger partial charge in [0.05, 0.1) is 6.20 Å². The number of carbonyl (C=O) groups excluding carboxylic acids is 1. The van der Waals surface area contributed by atoms with Crippen LogP contribution in [0.3, 0.4) is 0 Å². The molecule has 3 heterocycles. The van der Waals surface area contributed by atoms with Crippen LogP contribution in [0.4, 0.5) is 19.0 Å². The molecule has 0 saturated heterocycles. The number of rotatable bonds is 6. The number of H-pyrrole nitrogens is 1. The Labute approximate surface area is 191 Å². The number of fused-ring (bicyclic) bond motifs is 1. The minimum atomic E-state index is -4.50. The number of hydrogen-bond donors (Lipinski definition) is 4. The zero-order chi connectivity index (χ0) is 23.6. The van der Waals surface area contributed by atoms with Crippen LogP contribution in [0.15, 0.2) is 36.7 Å². The zero-order valence-corrected chi connectivity index (χ0v) is 18.0. The topological polar surface area (TPSA) is 111 Å². The molecule has 0 aromatic carbocycles. The highest BCUT2D eigenvalue weighted by Gasteiger charge is 2.34. The molecule has 1 amide bonds. The molecule has 0 spiro atoms. The van der Waals surface area contributed by atoms with Gasteiger partial charge >= 0.3 is 6.18 Å². The van der Waals surface area contributed by atoms with E-state index < -0.39 is 11.9 Å². The molecule has 4 rings (SSSR count). The van der Waals surface area contributed by atoms with Crippen molar-refractivity contribution in [1.29, 1.82) is 5.41 Å². The van der Waals surface area contributed by atoms with Crippen LogP contribution in [0, 0.1) is 5.41 Å². The fraction of sp³-hybridized carbons (Fsp3) is 0.333. The summed E-state index contributed by atoms with van der Waals surface area (Å²) in [7, 11) is 0. The number of anilines is 1. The molecule has 0 unspecified atom stereocenters. The fourth-order valence-electron chi connectivity index (χ4n) is 3.81. The summed E-state index contributed by atoms with van der Waals surface area (Å²) in [6.07, 6.45) is 3.70. The first kappa shape index (κ1) is 22.8. The Hall–Kier alpha value is -3.34. The normalized spacial score (nSPS) is 19.2. The molecule has 0 bridgehead atoms. The molecule has 1 saturated carbocycles. The van der Waals surface area contributed by atoms with Crippen molar-refractivity contribution in [2.24, 2.45) is 0 Å². The lowest BCUT2D eigenvalue weighted by Crippen LogP contribution is -2.40. The summed E-state index contributed by atoms with van der Waals surface area (Å²) in [5.41, 5.74) is -0.394. The first-order chi connectivity index (χ1) is 15.7. The van der Waals surface area contributed by atoms with Crippen molar-refractivity contribution in [1.82, 2.24) is 24.7 Å². The Morgan fingerprint density at radius 2 is 1.97 bits per heavy atom. The maximum atomic E-state index is 13.0. The lowest BCUT2D eigenvalue weighted by molar-refractivity contribution is -0.140. The monoisotopic (exact) mass is 479 g/mol. The molecule has 1 aliphatic rings. The highest BCUT2D eigenvalue weighted by atomic mass is 35.5. The van der Waals surface area contributed by atoms with Crippen LogP contribution in [0.2, 0.25) is 0 Å². The summed E-state index contributed by atoms with van der Waals surface area (Å²) in [6, 6.07) is 4.97. The molecule has 3 aromatic rings. The number of alkyl halides is 3. The van der Waals surface area contributed by atoms with Crippen molar-refractivity contribution >= 4 is 40.2 Å². The molecule has 3 aromatic heterocycles. The number of aromatic amines is 1. The molecule has 4 N–H and O–H groups in total. The highest BCUT2D eigenvalue weighted by Crippen LogP contribution is 2.30. The van der Waals surface area contributed by atoms with E-state index in [-0.39, 0.29) is 28.8 Å². The molecular formula is C21H21ClF3N7O. The van der Waals surface area contributed by atoms with Gasteiger partial charge in [-0.3, -0.25) is 14.6 Å². The van der Waals surface area contributed by atoms with Gasteiger partial charge in [0.15, 0.2) is 5.69 Å². The Balaban J connectivity index is 1.33. The second-order valence-electron chi connectivity index (χ2n) is 7.79. The minimum Gasteiger partial charge on any atom is -0.368 e. The van der Waals surface area contributed by atoms with Gasteiger partial charge in [-0.25, -0.2) is 9.97 Å². The Kier molecular flexibility index (Phi) is 6.41. The average molecular weight is 480 g/mol. The van der Waals surface area contributed by atoms with Crippen molar-refractivity contribution in [3.8, 4) is 0 Å². The molecule has 174 valence electrons. The second-order valence-corrected chi connectivity index (χ2v) is 8.20. The summed E-state index contributed by atoms with van der Waals surface area (Å²) in [5.74, 6) is 0.689. The van der Waals surface area contributed by atoms with Gasteiger partial charge in [-0.05, 0) is 50.0 Å². The van der Waals surface area contributed by atoms with E-state index in [1.807, 2.05) is 0 Å². The average Bonchev–Trinajstić information content (AvgIpc) is 3.41. The Morgan fingerprint density at radius 3 is 2.67 bits per heavy atom. The van der Waals surface area contributed by atoms with Crippen LogP contribution < -0.4 is 10.6 Å². The van der Waals surface area contributed by atoms with Crippen LogP contribution in [-0.4, -0.2) is 42.5 Å². The van der Waals surface area contributed by atoms with Gasteiger partial charge in [-0.15, -0.1) is 0 Å². The van der Waals surface area contributed by atoms with E-state index in [0.29, 0.717) is 17.3 Å². The molecule has 0 radical (unpaired) electrons. The Morgan fingerprint density at radius 1 is 1.24 bits per heavy atom. The molecule has 12 heteroatoms. The number of carbonyl (C=O) groups is 1. The summed E-state index contributed by atoms with van der Waals surface area (Å²) >= 11 is 5.46. The SMILES string of the molecule is N=C(Cl)/C=C\c1ncc(C(=O)NC2CCC(Nc3cccc4nc(C(F)(F)F)cn34)CC2)[nH]1. The van der Waals surface area contributed by atoms with Crippen LogP contribution in [0.5, 0.6) is 0 Å². The van der Waals surface area contributed by atoms with E-state index in [1.165, 1.54) is 28.8 Å². The minimum absolute atomic E-state index is 0.0188. The number of amides is 1. The van der Waals surface area contributed by atoms with Crippen molar-refractivity contribution in [3.05, 3.63) is 53.9 Å². The molecule has 8 nitrogen and oxygen atoms in total. The number of aromatic nitrogens is 4. The van der Waals surface area contributed by atoms with Crippen LogP contribution in [0.25, 0.3) is 11.7 Å². The third-order valence-corrected chi connectivity index (χ3v) is 5.55. The number of imidazole rings is 2. The molecule has 1 fully saturated rings. The maximum absolute atomic E-state index is 13.0. The smallest absolute Gasteiger partial charge is 0.368 e. The van der Waals surface area contributed by atoms with Crippen LogP contribution >= 0.6 is 11.6 Å². The van der Waals surface area contributed by atoms with Gasteiger partial charge in [0, 0.05) is 18.3 Å². The molecule has 1 aliphatic carbocycles. The van der Waals surface area contributed by atoms with Crippen molar-refractivity contribution < 1.29 is 18.0 Å². The summed E-state index contributed by atoms with van der Waals surface area (Å²) in [4.78, 5) is 23.0. The Bertz CT molecular complexity index is 1190. The number of allylic oxidation sites excluding steroid dienone is 1. The van der Waals surface area contributed by atoms with Gasteiger partial charge in [0.1, 0.15) is 28.2 Å². The summed E-state index contributed by atoms with van der Waals surface area (Å²) < 4.78 is 40.4. The number of nitrogens with zero attached hydrogens (tertiary/aromatic N) is 3. The number of nitrogens with one attached hydrogen (secondary N) is 4. The predicted octanol–water partition coefficient (Wildman–Crippen LogP) is 4.46. The second kappa shape index (κ2) is 9.26. The third kappa shape index (κ3) is 5.54. The number of pyridine rings is 1. The van der Waals surface area contributed by atoms with Gasteiger partial charge in [-0.1, -0.05) is 17.7 Å². The summed E-state index contributed by atoms with van der Waals surface area (Å²) in [5, 5.41) is 13.3. The van der Waals surface area contributed by atoms with Crippen molar-refractivity contribution in [2.75, 3.05) is 5.32 Å². The van der Waals surface area contributed by atoms with Crippen LogP contribution in [0.1, 0.15) is 47.7 Å². The quantitative estimate of drug-likeness (QED) is 0.391. The lowest BCUT2D eigenvalue weighted by atomic mass is 9.91. The van der Waals surface area contributed by atoms with E-state index in [4.69, 9.17) is 17.0 Å². The van der Waals surface area contributed by atoms with E-state index in [1.54, 1.807) is 12.1 Å². The van der Waals surface area contributed by atoms with Gasteiger partial charge < -0.3 is 15.6 Å². The molecular weight excluding hydrogens is 459 g/mol. The fourth-order valence-corrected chi connectivity index (χ4v) is 3.87. The van der Waals surface area contributed by atoms with E-state index in [9.17, 15) is 18.0 Å². The van der Waals surface area contributed by atoms with Gasteiger partial charge in [0.25, 0.3) is 5.91 Å². The standard InChI is InChI=1S/C21H21ClF3N7O/c22-16(26)8-9-17-27-10-14(30-17)20(33)29-13-6-4-12(5-7-13)28-18-2-1-3-19-31-15(11-32(18)19)21(23,24)25/h1-3,8-13,26,28H,4-7H2,(H,27,30)(H,29,33)/b9-8-,26-16?. The first-order valence-electron chi connectivity index (χ1n) is 10.3. The summed E-state index contributed by atoms with van der Waals surface area (Å²) in [6.45, 7) is 0. The van der Waals surface area contributed by atoms with Crippen molar-refractivity contribution in [2.45, 2.75) is 43.9 Å². The molecule has 33 heavy (non-hydrogen) atoms. The number of halogens is 4. The zero-order valence-electron chi connectivity index (χ0n) is 17.3. The van der Waals surface area contributed by atoms with E-state index >= 15 is 0 Å².